The molecule has 1 fully saturated rings. The summed E-state index contributed by atoms with van der Waals surface area (Å²) in [6.07, 6.45) is 4.86. The van der Waals surface area contributed by atoms with E-state index in [0.29, 0.717) is 23.1 Å². The molecule has 6 heteroatoms. The molecule has 1 atom stereocenters. The number of benzene rings is 1. The van der Waals surface area contributed by atoms with Crippen LogP contribution in [0.25, 0.3) is 5.69 Å². The molecule has 1 aromatic heterocycles. The Balaban J connectivity index is 1.58. The minimum atomic E-state index is -0.217. The molecule has 2 heterocycles. The van der Waals surface area contributed by atoms with Gasteiger partial charge in [-0.1, -0.05) is 0 Å². The van der Waals surface area contributed by atoms with Gasteiger partial charge in [0, 0.05) is 42.0 Å². The van der Waals surface area contributed by atoms with Crippen LogP contribution in [0, 0.1) is 0 Å². The Kier molecular flexibility index (Phi) is 5.25. The van der Waals surface area contributed by atoms with Crippen LogP contribution in [-0.2, 0) is 9.53 Å². The minimum absolute atomic E-state index is 0.0511. The molecule has 0 aliphatic carbocycles. The van der Waals surface area contributed by atoms with E-state index in [2.05, 4.69) is 4.74 Å². The van der Waals surface area contributed by atoms with Gasteiger partial charge in [-0.25, -0.2) is 0 Å². The van der Waals surface area contributed by atoms with Crippen molar-refractivity contribution >= 4 is 23.6 Å². The first-order valence-electron chi connectivity index (χ1n) is 7.88. The van der Waals surface area contributed by atoms with Gasteiger partial charge in [0.15, 0.2) is 0 Å². The van der Waals surface area contributed by atoms with E-state index >= 15 is 0 Å². The van der Waals surface area contributed by atoms with Crippen LogP contribution in [-0.4, -0.2) is 52.5 Å². The molecule has 24 heavy (non-hydrogen) atoms. The first-order valence-corrected chi connectivity index (χ1v) is 8.93. The third-order valence-electron chi connectivity index (χ3n) is 4.11. The predicted molar refractivity (Wildman–Crippen MR) is 94.6 cm³/mol. The molecule has 0 bridgehead atoms. The summed E-state index contributed by atoms with van der Waals surface area (Å²) < 4.78 is 6.66. The fourth-order valence-electron chi connectivity index (χ4n) is 2.76. The Morgan fingerprint density at radius 1 is 1.21 bits per heavy atom. The van der Waals surface area contributed by atoms with E-state index in [0.717, 1.165) is 18.7 Å². The third kappa shape index (κ3) is 3.82. The van der Waals surface area contributed by atoms with Crippen LogP contribution in [0.2, 0.25) is 0 Å². The number of hydrogen-bond acceptors (Lipinski definition) is 4. The monoisotopic (exact) mass is 344 g/mol. The molecule has 1 aliphatic rings. The number of hydrogen-bond donors (Lipinski definition) is 0. The standard InChI is InChI=1S/C18H20N2O3S/c1-23-17(21)13-24-16-8-11-20(12-16)18(22)14-4-6-15(7-5-14)19-9-2-3-10-19/h2-7,9-10,16H,8,11-13H2,1H3. The van der Waals surface area contributed by atoms with Crippen LogP contribution in [0.1, 0.15) is 16.8 Å². The van der Waals surface area contributed by atoms with Crippen LogP contribution >= 0.6 is 11.8 Å². The number of aromatic nitrogens is 1. The van der Waals surface area contributed by atoms with E-state index in [1.54, 1.807) is 11.8 Å². The Hall–Kier alpha value is -2.21. The maximum Gasteiger partial charge on any atom is 0.315 e. The summed E-state index contributed by atoms with van der Waals surface area (Å²) in [4.78, 5) is 25.7. The number of ether oxygens (including phenoxy) is 1. The molecular formula is C18H20N2O3S. The second-order valence-electron chi connectivity index (χ2n) is 5.69. The third-order valence-corrected chi connectivity index (χ3v) is 5.37. The van der Waals surface area contributed by atoms with Crippen LogP contribution in [0.4, 0.5) is 0 Å². The predicted octanol–water partition coefficient (Wildman–Crippen LogP) is 2.60. The van der Waals surface area contributed by atoms with Gasteiger partial charge < -0.3 is 14.2 Å². The summed E-state index contributed by atoms with van der Waals surface area (Å²) in [6.45, 7) is 1.41. The molecular weight excluding hydrogens is 324 g/mol. The zero-order valence-corrected chi connectivity index (χ0v) is 14.4. The molecule has 1 saturated heterocycles. The molecule has 1 aromatic carbocycles. The summed E-state index contributed by atoms with van der Waals surface area (Å²) >= 11 is 1.56. The minimum Gasteiger partial charge on any atom is -0.468 e. The Morgan fingerprint density at radius 3 is 2.58 bits per heavy atom. The Bertz CT molecular complexity index is 698. The van der Waals surface area contributed by atoms with Gasteiger partial charge in [0.2, 0.25) is 0 Å². The van der Waals surface area contributed by atoms with Crippen LogP contribution in [0.3, 0.4) is 0 Å². The van der Waals surface area contributed by atoms with Gasteiger partial charge in [0.1, 0.15) is 0 Å². The Labute approximate surface area is 145 Å². The van der Waals surface area contributed by atoms with Crippen molar-refractivity contribution in [3.63, 3.8) is 0 Å². The van der Waals surface area contributed by atoms with Crippen LogP contribution < -0.4 is 0 Å². The zero-order chi connectivity index (χ0) is 16.9. The lowest BCUT2D eigenvalue weighted by atomic mass is 10.2. The van der Waals surface area contributed by atoms with E-state index in [1.165, 1.54) is 7.11 Å². The summed E-state index contributed by atoms with van der Waals surface area (Å²) in [6, 6.07) is 11.6. The number of amides is 1. The number of carbonyl (C=O) groups excluding carboxylic acids is 2. The lowest BCUT2D eigenvalue weighted by molar-refractivity contribution is -0.137. The number of rotatable bonds is 5. The molecule has 0 radical (unpaired) electrons. The maximum absolute atomic E-state index is 12.6. The van der Waals surface area contributed by atoms with Crippen LogP contribution in [0.5, 0.6) is 0 Å². The summed E-state index contributed by atoms with van der Waals surface area (Å²) in [5, 5.41) is 0.298. The summed E-state index contributed by atoms with van der Waals surface area (Å²) in [5.74, 6) is 0.176. The average molecular weight is 344 g/mol. The molecule has 5 nitrogen and oxygen atoms in total. The maximum atomic E-state index is 12.6. The topological polar surface area (TPSA) is 51.5 Å². The van der Waals surface area contributed by atoms with Crippen molar-refractivity contribution in [3.8, 4) is 5.69 Å². The highest BCUT2D eigenvalue weighted by molar-refractivity contribution is 8.00. The molecule has 2 aromatic rings. The fourth-order valence-corrected chi connectivity index (χ4v) is 3.81. The summed E-state index contributed by atoms with van der Waals surface area (Å²) in [7, 11) is 1.39. The van der Waals surface area contributed by atoms with Gasteiger partial charge in [-0.05, 0) is 42.8 Å². The number of carbonyl (C=O) groups is 2. The lowest BCUT2D eigenvalue weighted by Gasteiger charge is -2.16. The van der Waals surface area contributed by atoms with Crippen molar-refractivity contribution < 1.29 is 14.3 Å². The van der Waals surface area contributed by atoms with Gasteiger partial charge in [0.05, 0.1) is 12.9 Å². The second kappa shape index (κ2) is 7.57. The lowest BCUT2D eigenvalue weighted by Crippen LogP contribution is -2.29. The quantitative estimate of drug-likeness (QED) is 0.783. The normalized spacial score (nSPS) is 17.0. The van der Waals surface area contributed by atoms with E-state index < -0.39 is 0 Å². The zero-order valence-electron chi connectivity index (χ0n) is 13.6. The molecule has 1 unspecified atom stereocenters. The van der Waals surface area contributed by atoms with Gasteiger partial charge in [0.25, 0.3) is 5.91 Å². The first-order chi connectivity index (χ1) is 11.7. The fraction of sp³-hybridized carbons (Fsp3) is 0.333. The highest BCUT2D eigenvalue weighted by Gasteiger charge is 2.27. The van der Waals surface area contributed by atoms with Gasteiger partial charge in [-0.15, -0.1) is 11.8 Å². The highest BCUT2D eigenvalue weighted by Crippen LogP contribution is 2.24. The molecule has 1 amide bonds. The van der Waals surface area contributed by atoms with E-state index in [1.807, 2.05) is 58.3 Å². The highest BCUT2D eigenvalue weighted by atomic mass is 32.2. The van der Waals surface area contributed by atoms with Crippen molar-refractivity contribution in [2.75, 3.05) is 26.0 Å². The SMILES string of the molecule is COC(=O)CSC1CCN(C(=O)c2ccc(-n3cccc3)cc2)C1. The van der Waals surface area contributed by atoms with E-state index in [4.69, 9.17) is 0 Å². The molecule has 1 aliphatic heterocycles. The largest absolute Gasteiger partial charge is 0.468 e. The number of nitrogens with zero attached hydrogens (tertiary/aromatic N) is 2. The molecule has 126 valence electrons. The number of likely N-dealkylation sites (tertiary alicyclic amines) is 1. The van der Waals surface area contributed by atoms with Gasteiger partial charge in [-0.2, -0.15) is 0 Å². The van der Waals surface area contributed by atoms with E-state index in [9.17, 15) is 9.59 Å². The van der Waals surface area contributed by atoms with Gasteiger partial charge in [-0.3, -0.25) is 9.59 Å². The number of thioether (sulfide) groups is 1. The molecule has 0 spiro atoms. The Morgan fingerprint density at radius 2 is 1.92 bits per heavy atom. The molecule has 3 rings (SSSR count). The van der Waals surface area contributed by atoms with Crippen molar-refractivity contribution in [2.24, 2.45) is 0 Å². The van der Waals surface area contributed by atoms with Gasteiger partial charge >= 0.3 is 5.97 Å². The smallest absolute Gasteiger partial charge is 0.315 e. The number of methoxy groups -OCH3 is 1. The second-order valence-corrected chi connectivity index (χ2v) is 6.97. The molecule has 0 N–H and O–H groups in total. The summed E-state index contributed by atoms with van der Waals surface area (Å²) in [5.41, 5.74) is 1.73. The van der Waals surface area contributed by atoms with Crippen molar-refractivity contribution in [3.05, 3.63) is 54.4 Å². The first kappa shape index (κ1) is 16.6. The van der Waals surface area contributed by atoms with Crippen molar-refractivity contribution in [1.82, 2.24) is 9.47 Å². The molecule has 0 saturated carbocycles. The van der Waals surface area contributed by atoms with E-state index in [-0.39, 0.29) is 11.9 Å². The average Bonchev–Trinajstić information content (AvgIpc) is 3.31. The van der Waals surface area contributed by atoms with Crippen LogP contribution in [0.15, 0.2) is 48.8 Å². The van der Waals surface area contributed by atoms with Crippen molar-refractivity contribution in [2.45, 2.75) is 11.7 Å². The number of esters is 1. The van der Waals surface area contributed by atoms with Crippen molar-refractivity contribution in [1.29, 1.82) is 0 Å².